The van der Waals surface area contributed by atoms with E-state index in [-0.39, 0.29) is 25.7 Å². The van der Waals surface area contributed by atoms with Crippen LogP contribution < -0.4 is 0 Å². The molecule has 0 aromatic carbocycles. The largest absolute Gasteiger partial charge is 0.472 e. The van der Waals surface area contributed by atoms with Gasteiger partial charge in [0.1, 0.15) is 19.3 Å². The first kappa shape index (κ1) is 103. The summed E-state index contributed by atoms with van der Waals surface area (Å²) in [5.41, 5.74) is 0. The fraction of sp³-hybridized carbons (Fsp3) is 0.953. The molecular weight excluding hydrogens is 1370 g/mol. The van der Waals surface area contributed by atoms with E-state index in [0.29, 0.717) is 25.7 Å². The first-order chi connectivity index (χ1) is 51.2. The van der Waals surface area contributed by atoms with Crippen LogP contribution >= 0.6 is 15.6 Å². The number of esters is 4. The van der Waals surface area contributed by atoms with Crippen LogP contribution in [0, 0.1) is 0 Å². The SMILES string of the molecule is CCCCCCCCCCCCCCCCCCCCCCCC(=O)OC[C@H](COP(=O)(O)OC[C@@H](O)COP(=O)(O)OC[C@@H](COC(=O)CCCCCCC)OC(=O)CCCCCCCCCCCCCCCCCCCC)OC(=O)CCCCCCCCCCCCCCCCCCCCCCC. The van der Waals surface area contributed by atoms with Crippen molar-refractivity contribution >= 4 is 39.5 Å². The maximum atomic E-state index is 13.1. The Bertz CT molecular complexity index is 1980. The van der Waals surface area contributed by atoms with Crippen molar-refractivity contribution in [1.82, 2.24) is 0 Å². The topological polar surface area (TPSA) is 237 Å². The molecule has 0 bridgehead atoms. The normalized spacial score (nSPS) is 13.7. The van der Waals surface area contributed by atoms with Crippen molar-refractivity contribution in [2.45, 2.75) is 489 Å². The van der Waals surface area contributed by atoms with Crippen LogP contribution in [-0.2, 0) is 65.4 Å². The Morgan fingerprint density at radius 2 is 0.381 bits per heavy atom. The van der Waals surface area contributed by atoms with E-state index in [2.05, 4.69) is 27.7 Å². The molecule has 105 heavy (non-hydrogen) atoms. The van der Waals surface area contributed by atoms with Gasteiger partial charge in [0.2, 0.25) is 0 Å². The number of carbonyl (C=O) groups is 4. The lowest BCUT2D eigenvalue weighted by atomic mass is 10.0. The van der Waals surface area contributed by atoms with E-state index in [4.69, 9.17) is 37.0 Å². The summed E-state index contributed by atoms with van der Waals surface area (Å²) in [5.74, 6) is -2.11. The molecule has 0 radical (unpaired) electrons. The predicted molar refractivity (Wildman–Crippen MR) is 432 cm³/mol. The van der Waals surface area contributed by atoms with Crippen LogP contribution in [-0.4, -0.2) is 96.7 Å². The van der Waals surface area contributed by atoms with Gasteiger partial charge in [0, 0.05) is 25.7 Å². The molecule has 2 unspecified atom stereocenters. The van der Waals surface area contributed by atoms with Crippen molar-refractivity contribution in [3.8, 4) is 0 Å². The number of hydrogen-bond acceptors (Lipinski definition) is 15. The van der Waals surface area contributed by atoms with Gasteiger partial charge in [-0.2, -0.15) is 0 Å². The maximum Gasteiger partial charge on any atom is 0.472 e. The lowest BCUT2D eigenvalue weighted by Gasteiger charge is -2.21. The van der Waals surface area contributed by atoms with Crippen molar-refractivity contribution in [3.05, 3.63) is 0 Å². The molecule has 17 nitrogen and oxygen atoms in total. The molecule has 3 N–H and O–H groups in total. The second-order valence-electron chi connectivity index (χ2n) is 30.9. The summed E-state index contributed by atoms with van der Waals surface area (Å²) in [4.78, 5) is 72.9. The standard InChI is InChI=1S/C86H168O17P2/c1-5-9-13-17-20-23-26-29-32-35-38-40-42-45-47-50-53-56-59-63-67-71-84(89)97-77-82(103-86(91)73-69-65-61-58-55-52-49-46-43-41-39-36-33-30-27-24-21-18-14-10-6-2)79-101-105(94,95)99-75-80(87)74-98-104(92,93)100-78-81(76-96-83(88)70-66-62-16-12-8-4)102-85(90)72-68-64-60-57-54-51-48-44-37-34-31-28-25-22-19-15-11-7-3/h80-82,87H,5-79H2,1-4H3,(H,92,93)(H,94,95)/t80-,81+,82+/m0/s1. The minimum absolute atomic E-state index is 0.108. The summed E-state index contributed by atoms with van der Waals surface area (Å²) in [6.45, 7) is 4.96. The van der Waals surface area contributed by atoms with Crippen LogP contribution in [0.4, 0.5) is 0 Å². The average molecular weight is 1540 g/mol. The Morgan fingerprint density at radius 3 is 0.562 bits per heavy atom. The third kappa shape index (κ3) is 79.9. The molecular formula is C86H168O17P2. The number of carbonyl (C=O) groups excluding carboxylic acids is 4. The fourth-order valence-corrected chi connectivity index (χ4v) is 15.1. The summed E-state index contributed by atoms with van der Waals surface area (Å²) >= 11 is 0. The zero-order chi connectivity index (χ0) is 76.7. The van der Waals surface area contributed by atoms with Gasteiger partial charge < -0.3 is 33.8 Å². The van der Waals surface area contributed by atoms with Gasteiger partial charge in [-0.15, -0.1) is 0 Å². The van der Waals surface area contributed by atoms with E-state index in [0.717, 1.165) is 96.3 Å². The number of aliphatic hydroxyl groups excluding tert-OH is 1. The van der Waals surface area contributed by atoms with Crippen molar-refractivity contribution < 1.29 is 80.2 Å². The van der Waals surface area contributed by atoms with Gasteiger partial charge in [-0.3, -0.25) is 37.3 Å². The molecule has 0 aliphatic carbocycles. The van der Waals surface area contributed by atoms with Gasteiger partial charge >= 0.3 is 39.5 Å². The maximum absolute atomic E-state index is 13.1. The molecule has 5 atom stereocenters. The van der Waals surface area contributed by atoms with Crippen molar-refractivity contribution in [3.63, 3.8) is 0 Å². The van der Waals surface area contributed by atoms with Crippen LogP contribution in [0.3, 0.4) is 0 Å². The Labute approximate surface area is 645 Å². The second kappa shape index (κ2) is 80.1. The van der Waals surface area contributed by atoms with Gasteiger partial charge in [-0.25, -0.2) is 9.13 Å². The number of phosphoric ester groups is 2. The first-order valence-electron chi connectivity index (χ1n) is 44.8. The van der Waals surface area contributed by atoms with Gasteiger partial charge in [0.25, 0.3) is 0 Å². The van der Waals surface area contributed by atoms with Crippen LogP contribution in [0.1, 0.15) is 471 Å². The summed E-state index contributed by atoms with van der Waals surface area (Å²) in [7, 11) is -9.91. The zero-order valence-corrected chi connectivity index (χ0v) is 70.5. The van der Waals surface area contributed by atoms with E-state index in [1.54, 1.807) is 0 Å². The molecule has 0 aliphatic rings. The molecule has 0 saturated heterocycles. The van der Waals surface area contributed by atoms with Crippen molar-refractivity contribution in [2.24, 2.45) is 0 Å². The number of phosphoric acid groups is 2. The highest BCUT2D eigenvalue weighted by Gasteiger charge is 2.30. The molecule has 0 fully saturated rings. The number of ether oxygens (including phenoxy) is 4. The number of hydrogen-bond donors (Lipinski definition) is 3. The fourth-order valence-electron chi connectivity index (χ4n) is 13.5. The number of unbranched alkanes of at least 4 members (excludes halogenated alkanes) is 61. The lowest BCUT2D eigenvalue weighted by Crippen LogP contribution is -2.30. The van der Waals surface area contributed by atoms with E-state index in [1.807, 2.05) is 0 Å². The summed E-state index contributed by atoms with van der Waals surface area (Å²) in [5, 5.41) is 10.6. The zero-order valence-electron chi connectivity index (χ0n) is 68.7. The van der Waals surface area contributed by atoms with Crippen LogP contribution in [0.15, 0.2) is 0 Å². The monoisotopic (exact) mass is 1540 g/mol. The lowest BCUT2D eigenvalue weighted by molar-refractivity contribution is -0.161. The molecule has 0 aliphatic heterocycles. The van der Waals surface area contributed by atoms with Crippen LogP contribution in [0.5, 0.6) is 0 Å². The Morgan fingerprint density at radius 1 is 0.229 bits per heavy atom. The van der Waals surface area contributed by atoms with Crippen LogP contribution in [0.25, 0.3) is 0 Å². The van der Waals surface area contributed by atoms with E-state index >= 15 is 0 Å². The van der Waals surface area contributed by atoms with Crippen molar-refractivity contribution in [1.29, 1.82) is 0 Å². The summed E-state index contributed by atoms with van der Waals surface area (Å²) in [6, 6.07) is 0. The number of aliphatic hydroxyl groups is 1. The highest BCUT2D eigenvalue weighted by molar-refractivity contribution is 7.47. The summed E-state index contributed by atoms with van der Waals surface area (Å²) < 4.78 is 68.6. The minimum atomic E-state index is -4.96. The molecule has 0 rings (SSSR count). The Hall–Kier alpha value is -1.94. The Balaban J connectivity index is 5.09. The smallest absolute Gasteiger partial charge is 0.462 e. The second-order valence-corrected chi connectivity index (χ2v) is 33.8. The molecule has 0 spiro atoms. The minimum Gasteiger partial charge on any atom is -0.462 e. The molecule has 624 valence electrons. The van der Waals surface area contributed by atoms with Gasteiger partial charge in [-0.05, 0) is 25.7 Å². The van der Waals surface area contributed by atoms with Gasteiger partial charge in [0.15, 0.2) is 12.2 Å². The van der Waals surface area contributed by atoms with E-state index in [1.165, 1.54) is 295 Å². The third-order valence-electron chi connectivity index (χ3n) is 20.4. The molecule has 0 amide bonds. The summed E-state index contributed by atoms with van der Waals surface area (Å²) in [6.07, 6.45) is 75.7. The number of rotatable bonds is 87. The molecule has 0 aromatic rings. The van der Waals surface area contributed by atoms with Gasteiger partial charge in [-0.1, -0.05) is 419 Å². The quantitative estimate of drug-likeness (QED) is 0.0222. The third-order valence-corrected chi connectivity index (χ3v) is 22.3. The molecule has 0 heterocycles. The van der Waals surface area contributed by atoms with E-state index in [9.17, 15) is 43.2 Å². The van der Waals surface area contributed by atoms with Crippen molar-refractivity contribution in [2.75, 3.05) is 39.6 Å². The van der Waals surface area contributed by atoms with E-state index < -0.39 is 97.5 Å². The van der Waals surface area contributed by atoms with Crippen LogP contribution in [0.2, 0.25) is 0 Å². The average Bonchev–Trinajstić information content (AvgIpc) is 0.912. The predicted octanol–water partition coefficient (Wildman–Crippen LogP) is 26.5. The highest BCUT2D eigenvalue weighted by atomic mass is 31.2. The molecule has 0 aromatic heterocycles. The molecule has 19 heteroatoms. The Kier molecular flexibility index (Phi) is 78.6. The molecule has 0 saturated carbocycles. The first-order valence-corrected chi connectivity index (χ1v) is 47.8. The highest BCUT2D eigenvalue weighted by Crippen LogP contribution is 2.45. The van der Waals surface area contributed by atoms with Gasteiger partial charge in [0.05, 0.1) is 26.4 Å².